The number of guanidine groups is 1. The maximum absolute atomic E-state index is 11.4. The maximum Gasteiger partial charge on any atom is 0.305 e. The van der Waals surface area contributed by atoms with E-state index in [1.54, 1.807) is 7.05 Å². The van der Waals surface area contributed by atoms with Crippen LogP contribution in [0.1, 0.15) is 43.5 Å². The fourth-order valence-electron chi connectivity index (χ4n) is 3.50. The summed E-state index contributed by atoms with van der Waals surface area (Å²) in [6.07, 6.45) is 3.63. The van der Waals surface area contributed by atoms with Gasteiger partial charge in [-0.1, -0.05) is 6.07 Å². The second-order valence-electron chi connectivity index (χ2n) is 6.63. The van der Waals surface area contributed by atoms with E-state index in [9.17, 15) is 4.79 Å². The van der Waals surface area contributed by atoms with Gasteiger partial charge in [0, 0.05) is 37.5 Å². The summed E-state index contributed by atoms with van der Waals surface area (Å²) in [4.78, 5) is 19.6. The van der Waals surface area contributed by atoms with Crippen LogP contribution < -0.4 is 10.6 Å². The first-order valence-corrected chi connectivity index (χ1v) is 10.4. The number of aliphatic imine (C=N–C) groups is 1. The fourth-order valence-corrected chi connectivity index (χ4v) is 4.49. The number of thiophene rings is 1. The number of hydrogen-bond donors (Lipinski definition) is 2. The Labute approximate surface area is 161 Å². The molecule has 2 N–H and O–H groups in total. The topological polar surface area (TPSA) is 66.0 Å². The molecule has 1 aliphatic heterocycles. The Kier molecular flexibility index (Phi) is 8.91. The summed E-state index contributed by atoms with van der Waals surface area (Å²) in [5.41, 5.74) is 0. The van der Waals surface area contributed by atoms with E-state index in [1.807, 2.05) is 18.3 Å². The summed E-state index contributed by atoms with van der Waals surface area (Å²) in [6, 6.07) is 4.85. The second kappa shape index (κ2) is 11.2. The van der Waals surface area contributed by atoms with E-state index < -0.39 is 0 Å². The van der Waals surface area contributed by atoms with Crippen LogP contribution in [-0.2, 0) is 9.53 Å². The third kappa shape index (κ3) is 6.29. The molecule has 1 aromatic heterocycles. The van der Waals surface area contributed by atoms with Crippen molar-refractivity contribution in [2.75, 3.05) is 40.3 Å². The predicted molar refractivity (Wildman–Crippen MR) is 108 cm³/mol. The fraction of sp³-hybridized carbons (Fsp3) is 0.684. The van der Waals surface area contributed by atoms with Gasteiger partial charge in [-0.3, -0.25) is 14.7 Å². The molecule has 0 radical (unpaired) electrons. The lowest BCUT2D eigenvalue weighted by Crippen LogP contribution is -2.45. The zero-order chi connectivity index (χ0) is 18.8. The minimum Gasteiger partial charge on any atom is -0.466 e. The summed E-state index contributed by atoms with van der Waals surface area (Å²) in [7, 11) is 4.00. The molecular formula is C19H32N4O2S. The highest BCUT2D eigenvalue weighted by atomic mass is 32.1. The van der Waals surface area contributed by atoms with Gasteiger partial charge in [0.25, 0.3) is 0 Å². The average molecular weight is 381 g/mol. The van der Waals surface area contributed by atoms with Crippen LogP contribution in [0.4, 0.5) is 0 Å². The van der Waals surface area contributed by atoms with E-state index in [1.165, 1.54) is 17.7 Å². The molecule has 146 valence electrons. The van der Waals surface area contributed by atoms with Gasteiger partial charge in [0.05, 0.1) is 6.61 Å². The maximum atomic E-state index is 11.4. The highest BCUT2D eigenvalue weighted by Crippen LogP contribution is 2.36. The molecule has 26 heavy (non-hydrogen) atoms. The number of carbonyl (C=O) groups excluding carboxylic acids is 1. The molecular weight excluding hydrogens is 348 g/mol. The van der Waals surface area contributed by atoms with Gasteiger partial charge in [0.1, 0.15) is 0 Å². The Bertz CT molecular complexity index is 562. The minimum absolute atomic E-state index is 0.138. The first-order valence-electron chi connectivity index (χ1n) is 9.49. The highest BCUT2D eigenvalue weighted by molar-refractivity contribution is 7.10. The Morgan fingerprint density at radius 1 is 1.46 bits per heavy atom. The van der Waals surface area contributed by atoms with Crippen LogP contribution >= 0.6 is 11.3 Å². The van der Waals surface area contributed by atoms with E-state index in [4.69, 9.17) is 4.74 Å². The van der Waals surface area contributed by atoms with Crippen molar-refractivity contribution in [1.29, 1.82) is 0 Å². The minimum atomic E-state index is -0.138. The molecule has 0 saturated carbocycles. The van der Waals surface area contributed by atoms with Crippen molar-refractivity contribution in [2.24, 2.45) is 10.9 Å². The molecule has 1 fully saturated rings. The number of esters is 1. The standard InChI is InChI=1S/C19H32N4O2S/c1-4-25-17(24)10-5-11-21-19(20-2)22-14-15-8-6-12-23(3)18(15)16-9-7-13-26-16/h7,9,13,15,18H,4-6,8,10-12,14H2,1-3H3,(H2,20,21,22). The number of rotatable bonds is 8. The van der Waals surface area contributed by atoms with Crippen LogP contribution in [0.25, 0.3) is 0 Å². The molecule has 2 heterocycles. The van der Waals surface area contributed by atoms with Crippen LogP contribution in [-0.4, -0.2) is 57.2 Å². The van der Waals surface area contributed by atoms with Gasteiger partial charge < -0.3 is 15.4 Å². The van der Waals surface area contributed by atoms with Gasteiger partial charge in [0.2, 0.25) is 0 Å². The number of hydrogen-bond acceptors (Lipinski definition) is 5. The predicted octanol–water partition coefficient (Wildman–Crippen LogP) is 2.64. The number of piperidine rings is 1. The van der Waals surface area contributed by atoms with Crippen molar-refractivity contribution in [3.63, 3.8) is 0 Å². The lowest BCUT2D eigenvalue weighted by atomic mass is 9.88. The quantitative estimate of drug-likeness (QED) is 0.314. The third-order valence-electron chi connectivity index (χ3n) is 4.75. The van der Waals surface area contributed by atoms with E-state index in [0.717, 1.165) is 25.5 Å². The summed E-state index contributed by atoms with van der Waals surface area (Å²) in [6.45, 7) is 5.02. The zero-order valence-corrected chi connectivity index (χ0v) is 17.0. The second-order valence-corrected chi connectivity index (χ2v) is 7.61. The Morgan fingerprint density at radius 3 is 3.00 bits per heavy atom. The van der Waals surface area contributed by atoms with E-state index in [2.05, 4.69) is 45.1 Å². The molecule has 1 aromatic rings. The van der Waals surface area contributed by atoms with Crippen LogP contribution in [0.3, 0.4) is 0 Å². The molecule has 0 aromatic carbocycles. The average Bonchev–Trinajstić information content (AvgIpc) is 3.15. The first kappa shape index (κ1) is 20.7. The normalized spacial score (nSPS) is 21.4. The first-order chi connectivity index (χ1) is 12.7. The molecule has 1 aliphatic rings. The van der Waals surface area contributed by atoms with Crippen molar-refractivity contribution < 1.29 is 9.53 Å². The van der Waals surface area contributed by atoms with Crippen LogP contribution in [0, 0.1) is 5.92 Å². The van der Waals surface area contributed by atoms with E-state index >= 15 is 0 Å². The smallest absolute Gasteiger partial charge is 0.305 e. The monoisotopic (exact) mass is 380 g/mol. The van der Waals surface area contributed by atoms with Gasteiger partial charge >= 0.3 is 5.97 Å². The number of nitrogens with one attached hydrogen (secondary N) is 2. The molecule has 2 rings (SSSR count). The van der Waals surface area contributed by atoms with E-state index in [-0.39, 0.29) is 5.97 Å². The number of ether oxygens (including phenoxy) is 1. The van der Waals surface area contributed by atoms with Crippen molar-refractivity contribution in [1.82, 2.24) is 15.5 Å². The zero-order valence-electron chi connectivity index (χ0n) is 16.2. The summed E-state index contributed by atoms with van der Waals surface area (Å²) < 4.78 is 4.94. The SMILES string of the molecule is CCOC(=O)CCCNC(=NC)NCC1CCCN(C)C1c1cccs1. The number of nitrogens with zero attached hydrogens (tertiary/aromatic N) is 2. The molecule has 2 atom stereocenters. The molecule has 2 unspecified atom stereocenters. The number of likely N-dealkylation sites (tertiary alicyclic amines) is 1. The number of carbonyl (C=O) groups is 1. The molecule has 0 bridgehead atoms. The van der Waals surface area contributed by atoms with Crippen LogP contribution in [0.2, 0.25) is 0 Å². The van der Waals surface area contributed by atoms with Crippen LogP contribution in [0.15, 0.2) is 22.5 Å². The van der Waals surface area contributed by atoms with Gasteiger partial charge in [0.15, 0.2) is 5.96 Å². The van der Waals surface area contributed by atoms with E-state index in [0.29, 0.717) is 31.5 Å². The van der Waals surface area contributed by atoms with Gasteiger partial charge in [-0.15, -0.1) is 11.3 Å². The highest BCUT2D eigenvalue weighted by Gasteiger charge is 2.31. The lowest BCUT2D eigenvalue weighted by Gasteiger charge is -2.39. The van der Waals surface area contributed by atoms with Crippen LogP contribution in [0.5, 0.6) is 0 Å². The Hall–Kier alpha value is -1.60. The van der Waals surface area contributed by atoms with Gasteiger partial charge in [-0.2, -0.15) is 0 Å². The molecule has 6 nitrogen and oxygen atoms in total. The van der Waals surface area contributed by atoms with Crippen molar-refractivity contribution in [3.05, 3.63) is 22.4 Å². The van der Waals surface area contributed by atoms with Crippen molar-refractivity contribution >= 4 is 23.3 Å². The Morgan fingerprint density at radius 2 is 2.31 bits per heavy atom. The molecule has 0 amide bonds. The third-order valence-corrected chi connectivity index (χ3v) is 5.70. The molecule has 1 saturated heterocycles. The molecule has 0 spiro atoms. The molecule has 7 heteroatoms. The molecule has 0 aliphatic carbocycles. The largest absolute Gasteiger partial charge is 0.466 e. The summed E-state index contributed by atoms with van der Waals surface area (Å²) >= 11 is 1.84. The van der Waals surface area contributed by atoms with Gasteiger partial charge in [-0.05, 0) is 57.1 Å². The lowest BCUT2D eigenvalue weighted by molar-refractivity contribution is -0.143. The van der Waals surface area contributed by atoms with Gasteiger partial charge in [-0.25, -0.2) is 0 Å². The van der Waals surface area contributed by atoms with Crippen molar-refractivity contribution in [2.45, 2.75) is 38.6 Å². The Balaban J connectivity index is 1.78. The summed E-state index contributed by atoms with van der Waals surface area (Å²) in [5.74, 6) is 1.22. The summed E-state index contributed by atoms with van der Waals surface area (Å²) in [5, 5.41) is 8.91. The van der Waals surface area contributed by atoms with Crippen molar-refractivity contribution in [3.8, 4) is 0 Å².